The maximum Gasteiger partial charge on any atom is 0.410 e. The average Bonchev–Trinajstić information content (AvgIpc) is 2.64. The number of ether oxygens (including phenoxy) is 2. The number of carbonyl (C=O) groups excluding carboxylic acids is 2. The van der Waals surface area contributed by atoms with Crippen molar-refractivity contribution in [1.82, 2.24) is 9.80 Å². The van der Waals surface area contributed by atoms with E-state index in [1.54, 1.807) is 34.1 Å². The Kier molecular flexibility index (Phi) is 5.58. The first-order chi connectivity index (χ1) is 13.2. The molecule has 28 heavy (non-hydrogen) atoms. The lowest BCUT2D eigenvalue weighted by molar-refractivity contribution is -0.135. The Morgan fingerprint density at radius 3 is 2.36 bits per heavy atom. The molecule has 0 N–H and O–H groups in total. The van der Waals surface area contributed by atoms with Gasteiger partial charge in [0.25, 0.3) is 5.91 Å². The minimum Gasteiger partial charge on any atom is -0.484 e. The monoisotopic (exact) mass is 388 g/mol. The quantitative estimate of drug-likeness (QED) is 0.750. The van der Waals surface area contributed by atoms with Crippen LogP contribution >= 0.6 is 0 Å². The molecule has 1 aromatic carbocycles. The van der Waals surface area contributed by atoms with Gasteiger partial charge in [0.05, 0.1) is 0 Å². The first kappa shape index (κ1) is 19.7. The first-order valence-electron chi connectivity index (χ1n) is 9.14. The van der Waals surface area contributed by atoms with Crippen molar-refractivity contribution in [3.63, 3.8) is 0 Å². The van der Waals surface area contributed by atoms with Crippen molar-refractivity contribution in [2.45, 2.75) is 26.4 Å². The summed E-state index contributed by atoms with van der Waals surface area (Å²) in [6, 6.07) is 8.09. The number of piperazine rings is 1. The number of rotatable bonds is 3. The van der Waals surface area contributed by atoms with Crippen molar-refractivity contribution < 1.29 is 23.5 Å². The summed E-state index contributed by atoms with van der Waals surface area (Å²) in [5, 5.41) is 0.775. The van der Waals surface area contributed by atoms with E-state index in [2.05, 4.69) is 0 Å². The molecule has 0 unspecified atom stereocenters. The van der Waals surface area contributed by atoms with E-state index in [9.17, 15) is 14.4 Å². The van der Waals surface area contributed by atoms with Crippen molar-refractivity contribution in [3.05, 3.63) is 40.8 Å². The number of benzene rings is 1. The third-order valence-electron chi connectivity index (χ3n) is 4.24. The molecule has 1 aliphatic heterocycles. The molecule has 8 nitrogen and oxygen atoms in total. The van der Waals surface area contributed by atoms with Gasteiger partial charge >= 0.3 is 11.7 Å². The van der Waals surface area contributed by atoms with Gasteiger partial charge in [0.15, 0.2) is 6.61 Å². The summed E-state index contributed by atoms with van der Waals surface area (Å²) in [6.07, 6.45) is -0.367. The summed E-state index contributed by atoms with van der Waals surface area (Å²) in [5.41, 5.74) is -0.580. The fourth-order valence-electron chi connectivity index (χ4n) is 2.83. The standard InChI is InChI=1S/C20H24N2O6/c1-20(2,3)28-19(25)22-10-8-21(9-11-22)17(23)13-26-15-6-4-14-5-7-18(24)27-16(14)12-15/h4-7,12H,8-11,13H2,1-3H3. The third-order valence-corrected chi connectivity index (χ3v) is 4.24. The largest absolute Gasteiger partial charge is 0.484 e. The van der Waals surface area contributed by atoms with Crippen LogP contribution in [0.4, 0.5) is 4.79 Å². The number of hydrogen-bond donors (Lipinski definition) is 0. The molecular formula is C20H24N2O6. The van der Waals surface area contributed by atoms with Gasteiger partial charge in [0, 0.05) is 43.7 Å². The van der Waals surface area contributed by atoms with E-state index in [1.807, 2.05) is 20.8 Å². The molecule has 1 aromatic heterocycles. The van der Waals surface area contributed by atoms with E-state index in [0.717, 1.165) is 5.39 Å². The summed E-state index contributed by atoms with van der Waals surface area (Å²) >= 11 is 0. The lowest BCUT2D eigenvalue weighted by Crippen LogP contribution is -2.52. The van der Waals surface area contributed by atoms with Gasteiger partial charge in [-0.3, -0.25) is 4.79 Å². The molecule has 0 spiro atoms. The predicted molar refractivity (Wildman–Crippen MR) is 102 cm³/mol. The van der Waals surface area contributed by atoms with Crippen LogP contribution in [-0.2, 0) is 9.53 Å². The Balaban J connectivity index is 1.51. The highest BCUT2D eigenvalue weighted by Crippen LogP contribution is 2.19. The SMILES string of the molecule is CC(C)(C)OC(=O)N1CCN(C(=O)COc2ccc3ccc(=O)oc3c2)CC1. The van der Waals surface area contributed by atoms with Gasteiger partial charge in [0.2, 0.25) is 0 Å². The zero-order valence-corrected chi connectivity index (χ0v) is 16.3. The van der Waals surface area contributed by atoms with E-state index in [1.165, 1.54) is 6.07 Å². The van der Waals surface area contributed by atoms with Crippen LogP contribution in [0.15, 0.2) is 39.5 Å². The fourth-order valence-corrected chi connectivity index (χ4v) is 2.83. The Hall–Kier alpha value is -3.03. The highest BCUT2D eigenvalue weighted by molar-refractivity contribution is 5.79. The topological polar surface area (TPSA) is 89.3 Å². The van der Waals surface area contributed by atoms with Crippen LogP contribution in [0.1, 0.15) is 20.8 Å². The molecule has 1 aliphatic rings. The van der Waals surface area contributed by atoms with Crippen LogP contribution < -0.4 is 10.4 Å². The molecule has 150 valence electrons. The summed E-state index contributed by atoms with van der Waals surface area (Å²) in [6.45, 7) is 7.01. The third kappa shape index (κ3) is 5.03. The van der Waals surface area contributed by atoms with Crippen LogP contribution in [0.3, 0.4) is 0 Å². The van der Waals surface area contributed by atoms with Gasteiger partial charge in [-0.25, -0.2) is 9.59 Å². The molecule has 0 saturated carbocycles. The molecule has 1 saturated heterocycles. The zero-order chi connectivity index (χ0) is 20.3. The van der Waals surface area contributed by atoms with E-state index < -0.39 is 11.2 Å². The van der Waals surface area contributed by atoms with Gasteiger partial charge in [0.1, 0.15) is 16.9 Å². The number of fused-ring (bicyclic) bond motifs is 1. The number of nitrogens with zero attached hydrogens (tertiary/aromatic N) is 2. The molecular weight excluding hydrogens is 364 g/mol. The summed E-state index contributed by atoms with van der Waals surface area (Å²) in [5.74, 6) is 0.279. The normalized spacial score (nSPS) is 14.8. The Morgan fingerprint density at radius 2 is 1.68 bits per heavy atom. The van der Waals surface area contributed by atoms with Gasteiger partial charge < -0.3 is 23.7 Å². The summed E-state index contributed by atoms with van der Waals surface area (Å²) in [7, 11) is 0. The Morgan fingerprint density at radius 1 is 1.04 bits per heavy atom. The van der Waals surface area contributed by atoms with Crippen molar-refractivity contribution >= 4 is 23.0 Å². The molecule has 0 atom stereocenters. The Bertz CT molecular complexity index is 922. The first-order valence-corrected chi connectivity index (χ1v) is 9.14. The minimum absolute atomic E-state index is 0.130. The lowest BCUT2D eigenvalue weighted by Gasteiger charge is -2.35. The molecule has 8 heteroatoms. The minimum atomic E-state index is -0.545. The van der Waals surface area contributed by atoms with Crippen molar-refractivity contribution in [1.29, 1.82) is 0 Å². The highest BCUT2D eigenvalue weighted by Gasteiger charge is 2.27. The maximum absolute atomic E-state index is 12.4. The maximum atomic E-state index is 12.4. The smallest absolute Gasteiger partial charge is 0.410 e. The van der Waals surface area contributed by atoms with Crippen LogP contribution in [0.5, 0.6) is 5.75 Å². The number of amides is 2. The van der Waals surface area contributed by atoms with Crippen molar-refractivity contribution in [2.24, 2.45) is 0 Å². The summed E-state index contributed by atoms with van der Waals surface area (Å²) in [4.78, 5) is 39.0. The zero-order valence-electron chi connectivity index (χ0n) is 16.3. The molecule has 3 rings (SSSR count). The number of hydrogen-bond acceptors (Lipinski definition) is 6. The van der Waals surface area contributed by atoms with Gasteiger partial charge in [-0.15, -0.1) is 0 Å². The van der Waals surface area contributed by atoms with Crippen molar-refractivity contribution in [2.75, 3.05) is 32.8 Å². The van der Waals surface area contributed by atoms with E-state index in [-0.39, 0.29) is 18.6 Å². The van der Waals surface area contributed by atoms with Crippen LogP contribution in [0, 0.1) is 0 Å². The average molecular weight is 388 g/mol. The molecule has 0 radical (unpaired) electrons. The molecule has 1 fully saturated rings. The molecule has 2 amide bonds. The van der Waals surface area contributed by atoms with Crippen LogP contribution in [0.2, 0.25) is 0 Å². The van der Waals surface area contributed by atoms with E-state index in [0.29, 0.717) is 37.5 Å². The second-order valence-corrected chi connectivity index (χ2v) is 7.59. The predicted octanol–water partition coefficient (Wildman–Crippen LogP) is 2.25. The fraction of sp³-hybridized carbons (Fsp3) is 0.450. The summed E-state index contributed by atoms with van der Waals surface area (Å²) < 4.78 is 16.0. The molecule has 0 aliphatic carbocycles. The van der Waals surface area contributed by atoms with Gasteiger partial charge in [-0.1, -0.05) is 0 Å². The molecule has 2 heterocycles. The van der Waals surface area contributed by atoms with Gasteiger partial charge in [-0.2, -0.15) is 0 Å². The number of carbonyl (C=O) groups is 2. The van der Waals surface area contributed by atoms with E-state index >= 15 is 0 Å². The Labute approximate surface area is 162 Å². The van der Waals surface area contributed by atoms with Crippen LogP contribution in [-0.4, -0.2) is 60.2 Å². The lowest BCUT2D eigenvalue weighted by atomic mass is 10.2. The van der Waals surface area contributed by atoms with Crippen LogP contribution in [0.25, 0.3) is 11.0 Å². The molecule has 2 aromatic rings. The highest BCUT2D eigenvalue weighted by atomic mass is 16.6. The molecule has 0 bridgehead atoms. The van der Waals surface area contributed by atoms with Crippen molar-refractivity contribution in [3.8, 4) is 5.75 Å². The second-order valence-electron chi connectivity index (χ2n) is 7.59. The second kappa shape index (κ2) is 7.92. The van der Waals surface area contributed by atoms with E-state index in [4.69, 9.17) is 13.9 Å². The van der Waals surface area contributed by atoms with Gasteiger partial charge in [-0.05, 0) is 39.0 Å².